The molecule has 154 valence electrons. The van der Waals surface area contributed by atoms with Gasteiger partial charge in [0.2, 0.25) is 17.5 Å². The lowest BCUT2D eigenvalue weighted by Crippen LogP contribution is -2.30. The van der Waals surface area contributed by atoms with Crippen LogP contribution >= 0.6 is 11.3 Å². The summed E-state index contributed by atoms with van der Waals surface area (Å²) in [4.78, 5) is 34.2. The maximum Gasteiger partial charge on any atom is 0.353 e. The van der Waals surface area contributed by atoms with E-state index in [0.717, 1.165) is 23.2 Å². The van der Waals surface area contributed by atoms with Gasteiger partial charge in [0.25, 0.3) is 0 Å². The largest absolute Gasteiger partial charge is 0.493 e. The van der Waals surface area contributed by atoms with E-state index in [1.165, 1.54) is 18.3 Å². The van der Waals surface area contributed by atoms with Crippen LogP contribution in [0.3, 0.4) is 0 Å². The normalized spacial score (nSPS) is 15.0. The molecule has 0 radical (unpaired) electrons. The van der Waals surface area contributed by atoms with E-state index in [9.17, 15) is 14.9 Å². The Kier molecular flexibility index (Phi) is 5.14. The predicted molar refractivity (Wildman–Crippen MR) is 111 cm³/mol. The number of fused-ring (bicyclic) bond motifs is 1. The molecule has 11 nitrogen and oxygen atoms in total. The maximum atomic E-state index is 11.5. The highest BCUT2D eigenvalue weighted by molar-refractivity contribution is 7.14. The average Bonchev–Trinajstić information content (AvgIpc) is 3.16. The van der Waals surface area contributed by atoms with Gasteiger partial charge in [-0.1, -0.05) is 0 Å². The molecule has 1 aromatic carbocycles. The number of rotatable bonds is 5. The average molecular weight is 427 g/mol. The molecule has 3 aromatic rings. The fraction of sp³-hybridized carbons (Fsp3) is 0.222. The number of ether oxygens (including phenoxy) is 1. The monoisotopic (exact) mass is 427 g/mol. The molecule has 0 fully saturated rings. The van der Waals surface area contributed by atoms with E-state index in [2.05, 4.69) is 25.6 Å². The number of amides is 1. The Morgan fingerprint density at radius 1 is 1.40 bits per heavy atom. The van der Waals surface area contributed by atoms with E-state index in [1.807, 2.05) is 23.6 Å². The van der Waals surface area contributed by atoms with Gasteiger partial charge in [0, 0.05) is 29.9 Å². The Morgan fingerprint density at radius 3 is 3.00 bits per heavy atom. The Morgan fingerprint density at radius 2 is 2.23 bits per heavy atom. The molecule has 0 spiro atoms. The number of aromatic nitrogens is 3. The lowest BCUT2D eigenvalue weighted by atomic mass is 9.97. The number of carbonyl (C=O) groups is 1. The van der Waals surface area contributed by atoms with E-state index in [-0.39, 0.29) is 23.6 Å². The van der Waals surface area contributed by atoms with Crippen molar-refractivity contribution in [3.63, 3.8) is 0 Å². The first-order chi connectivity index (χ1) is 14.4. The number of carbonyl (C=O) groups excluding carboxylic acids is 1. The van der Waals surface area contributed by atoms with Gasteiger partial charge in [-0.15, -0.1) is 11.3 Å². The summed E-state index contributed by atoms with van der Waals surface area (Å²) in [6.07, 6.45) is 1.82. The molecule has 1 aliphatic rings. The second-order valence-electron chi connectivity index (χ2n) is 6.52. The summed E-state index contributed by atoms with van der Waals surface area (Å²) < 4.78 is 5.69. The molecule has 3 heterocycles. The first kappa shape index (κ1) is 19.5. The summed E-state index contributed by atoms with van der Waals surface area (Å²) in [5.74, 6) is 0.361. The summed E-state index contributed by atoms with van der Waals surface area (Å²) in [6.45, 7) is 2.01. The SMILES string of the molecule is CC(=O)NC1CCOc2ccc(-c3csc(Nc4ncnc(N)c4[N+](=O)[O-])n3)cc21. The van der Waals surface area contributed by atoms with Crippen molar-refractivity contribution in [2.45, 2.75) is 19.4 Å². The van der Waals surface area contributed by atoms with Crippen LogP contribution in [0.2, 0.25) is 0 Å². The summed E-state index contributed by atoms with van der Waals surface area (Å²) in [5.41, 5.74) is 7.57. The van der Waals surface area contributed by atoms with Gasteiger partial charge in [0.05, 0.1) is 23.3 Å². The standard InChI is InChI=1S/C18H17N7O4S/c1-9(26)22-12-4-5-29-14-3-2-10(6-11(12)14)13-7-30-18(23-13)24-17-15(25(27)28)16(19)20-8-21-17/h2-3,6-8,12H,4-5H2,1H3,(H,22,26)(H3,19,20,21,23,24). The molecule has 1 unspecified atom stereocenters. The molecule has 4 N–H and O–H groups in total. The summed E-state index contributed by atoms with van der Waals surface area (Å²) in [7, 11) is 0. The van der Waals surface area contributed by atoms with Gasteiger partial charge in [0.15, 0.2) is 5.13 Å². The fourth-order valence-corrected chi connectivity index (χ4v) is 3.90. The number of nitrogens with two attached hydrogens (primary N) is 1. The molecule has 1 atom stereocenters. The molecular formula is C18H17N7O4S. The van der Waals surface area contributed by atoms with E-state index in [0.29, 0.717) is 23.9 Å². The van der Waals surface area contributed by atoms with Crippen molar-refractivity contribution in [3.05, 3.63) is 45.6 Å². The molecule has 0 saturated carbocycles. The van der Waals surface area contributed by atoms with Gasteiger partial charge in [0.1, 0.15) is 12.1 Å². The summed E-state index contributed by atoms with van der Waals surface area (Å²) in [5, 5.41) is 19.3. The smallest absolute Gasteiger partial charge is 0.353 e. The van der Waals surface area contributed by atoms with Crippen molar-refractivity contribution in [3.8, 4) is 17.0 Å². The topological polar surface area (TPSA) is 158 Å². The third kappa shape index (κ3) is 3.85. The zero-order valence-corrected chi connectivity index (χ0v) is 16.6. The molecule has 12 heteroatoms. The molecule has 1 aliphatic heterocycles. The van der Waals surface area contributed by atoms with E-state index >= 15 is 0 Å². The number of nitrogens with one attached hydrogen (secondary N) is 2. The van der Waals surface area contributed by atoms with Gasteiger partial charge < -0.3 is 21.1 Å². The minimum absolute atomic E-state index is 0.0297. The number of nitro groups is 1. The Hall–Kier alpha value is -3.80. The van der Waals surface area contributed by atoms with Crippen molar-refractivity contribution in [2.75, 3.05) is 17.7 Å². The lowest BCUT2D eigenvalue weighted by Gasteiger charge is -2.26. The van der Waals surface area contributed by atoms with Gasteiger partial charge in [-0.25, -0.2) is 15.0 Å². The van der Waals surface area contributed by atoms with Crippen LogP contribution in [0, 0.1) is 10.1 Å². The van der Waals surface area contributed by atoms with Crippen LogP contribution in [0.1, 0.15) is 24.9 Å². The predicted octanol–water partition coefficient (Wildman–Crippen LogP) is 2.79. The van der Waals surface area contributed by atoms with Crippen molar-refractivity contribution in [1.29, 1.82) is 0 Å². The highest BCUT2D eigenvalue weighted by Crippen LogP contribution is 2.37. The van der Waals surface area contributed by atoms with Crippen LogP contribution < -0.4 is 21.1 Å². The molecule has 30 heavy (non-hydrogen) atoms. The number of nitrogens with zero attached hydrogens (tertiary/aromatic N) is 4. The van der Waals surface area contributed by atoms with Gasteiger partial charge >= 0.3 is 5.69 Å². The molecular weight excluding hydrogens is 410 g/mol. The third-order valence-electron chi connectivity index (χ3n) is 4.49. The Bertz CT molecular complexity index is 1130. The van der Waals surface area contributed by atoms with Crippen LogP contribution in [0.15, 0.2) is 29.9 Å². The molecule has 1 amide bonds. The molecule has 2 aromatic heterocycles. The molecule has 0 bridgehead atoms. The highest BCUT2D eigenvalue weighted by atomic mass is 32.1. The maximum absolute atomic E-state index is 11.5. The van der Waals surface area contributed by atoms with Crippen LogP contribution in [0.5, 0.6) is 5.75 Å². The second kappa shape index (κ2) is 7.91. The zero-order chi connectivity index (χ0) is 21.3. The van der Waals surface area contributed by atoms with Crippen LogP contribution in [0.4, 0.5) is 22.5 Å². The minimum Gasteiger partial charge on any atom is -0.493 e. The van der Waals surface area contributed by atoms with E-state index in [4.69, 9.17) is 10.5 Å². The lowest BCUT2D eigenvalue weighted by molar-refractivity contribution is -0.383. The van der Waals surface area contributed by atoms with Crippen LogP contribution in [-0.4, -0.2) is 32.4 Å². The number of anilines is 3. The number of benzene rings is 1. The van der Waals surface area contributed by atoms with Crippen molar-refractivity contribution in [1.82, 2.24) is 20.3 Å². The molecule has 4 rings (SSSR count). The first-order valence-electron chi connectivity index (χ1n) is 8.94. The molecule has 0 aliphatic carbocycles. The first-order valence-corrected chi connectivity index (χ1v) is 9.82. The molecule has 0 saturated heterocycles. The Balaban J connectivity index is 1.62. The van der Waals surface area contributed by atoms with Crippen molar-refractivity contribution >= 4 is 39.7 Å². The number of nitrogen functional groups attached to an aromatic ring is 1. The summed E-state index contributed by atoms with van der Waals surface area (Å²) >= 11 is 1.27. The number of thiazole rings is 1. The van der Waals surface area contributed by atoms with Gasteiger partial charge in [-0.05, 0) is 18.2 Å². The summed E-state index contributed by atoms with van der Waals surface area (Å²) in [6, 6.07) is 5.52. The van der Waals surface area contributed by atoms with Crippen molar-refractivity contribution in [2.24, 2.45) is 0 Å². The van der Waals surface area contributed by atoms with Crippen LogP contribution in [-0.2, 0) is 4.79 Å². The number of hydrogen-bond donors (Lipinski definition) is 3. The third-order valence-corrected chi connectivity index (χ3v) is 5.24. The van der Waals surface area contributed by atoms with Crippen LogP contribution in [0.25, 0.3) is 11.3 Å². The van der Waals surface area contributed by atoms with Gasteiger partial charge in [-0.2, -0.15) is 0 Å². The van der Waals surface area contributed by atoms with E-state index < -0.39 is 10.6 Å². The Labute approximate surface area is 174 Å². The highest BCUT2D eigenvalue weighted by Gasteiger charge is 2.24. The second-order valence-corrected chi connectivity index (χ2v) is 7.38. The van der Waals surface area contributed by atoms with E-state index in [1.54, 1.807) is 0 Å². The van der Waals surface area contributed by atoms with Crippen molar-refractivity contribution < 1.29 is 14.5 Å². The zero-order valence-electron chi connectivity index (χ0n) is 15.8. The fourth-order valence-electron chi connectivity index (χ4n) is 3.18. The number of hydrogen-bond acceptors (Lipinski definition) is 10. The quantitative estimate of drug-likeness (QED) is 0.411. The minimum atomic E-state index is -0.641. The van der Waals surface area contributed by atoms with Gasteiger partial charge in [-0.3, -0.25) is 14.9 Å².